The van der Waals surface area contributed by atoms with Gasteiger partial charge < -0.3 is 9.67 Å². The zero-order valence-electron chi connectivity index (χ0n) is 13.4. The molecule has 1 N–H and O–H groups in total. The number of benzene rings is 2. The van der Waals surface area contributed by atoms with Crippen LogP contribution >= 0.6 is 0 Å². The summed E-state index contributed by atoms with van der Waals surface area (Å²) in [5.74, 6) is -4.77. The van der Waals surface area contributed by atoms with E-state index < -0.39 is 35.7 Å². The van der Waals surface area contributed by atoms with Crippen LogP contribution in [-0.2, 0) is 11.8 Å². The van der Waals surface area contributed by atoms with Crippen LogP contribution < -0.4 is 0 Å². The van der Waals surface area contributed by atoms with Crippen molar-refractivity contribution in [2.45, 2.75) is 12.3 Å². The second-order valence-electron chi connectivity index (χ2n) is 5.85. The average molecular weight is 343 g/mol. The van der Waals surface area contributed by atoms with Crippen molar-refractivity contribution in [3.8, 4) is 0 Å². The van der Waals surface area contributed by atoms with Crippen LogP contribution in [0.25, 0.3) is 10.9 Å². The Morgan fingerprint density at radius 2 is 1.88 bits per heavy atom. The molecule has 128 valence electrons. The van der Waals surface area contributed by atoms with Crippen molar-refractivity contribution < 1.29 is 23.5 Å². The number of para-hydroxylation sites is 1. The monoisotopic (exact) mass is 343 g/mol. The summed E-state index contributed by atoms with van der Waals surface area (Å²) >= 11 is 0. The molecule has 0 bridgehead atoms. The predicted octanol–water partition coefficient (Wildman–Crippen LogP) is 3.90. The van der Waals surface area contributed by atoms with Gasteiger partial charge in [-0.15, -0.1) is 0 Å². The lowest BCUT2D eigenvalue weighted by Crippen LogP contribution is -2.17. The van der Waals surface area contributed by atoms with Crippen LogP contribution in [0.1, 0.15) is 28.3 Å². The number of aliphatic carboxylic acids is 1. The van der Waals surface area contributed by atoms with Crippen LogP contribution in [0.2, 0.25) is 0 Å². The van der Waals surface area contributed by atoms with Crippen LogP contribution in [0.3, 0.4) is 0 Å². The summed E-state index contributed by atoms with van der Waals surface area (Å²) in [6.07, 6.45) is 1.25. The Balaban J connectivity index is 1.99. The van der Waals surface area contributed by atoms with Crippen molar-refractivity contribution in [1.82, 2.24) is 4.57 Å². The Hall–Kier alpha value is -3.02. The maximum atomic E-state index is 13.8. The normalized spacial score (nSPS) is 12.3. The summed E-state index contributed by atoms with van der Waals surface area (Å²) in [7, 11) is 1.78. The Kier molecular flexibility index (Phi) is 4.35. The fourth-order valence-corrected chi connectivity index (χ4v) is 2.99. The quantitative estimate of drug-likeness (QED) is 0.715. The van der Waals surface area contributed by atoms with E-state index in [1.54, 1.807) is 29.9 Å². The molecule has 0 fully saturated rings. The largest absolute Gasteiger partial charge is 0.481 e. The molecule has 0 amide bonds. The third-order valence-corrected chi connectivity index (χ3v) is 4.22. The number of Topliss-reactive ketones (excluding diaryl/α,β-unsaturated/α-hetero) is 1. The minimum absolute atomic E-state index is 0.312. The van der Waals surface area contributed by atoms with Crippen molar-refractivity contribution in [2.75, 3.05) is 0 Å². The molecule has 0 saturated carbocycles. The molecule has 0 aliphatic carbocycles. The highest BCUT2D eigenvalue weighted by Gasteiger charge is 2.28. The first-order chi connectivity index (χ1) is 11.9. The highest BCUT2D eigenvalue weighted by Crippen LogP contribution is 2.31. The van der Waals surface area contributed by atoms with E-state index in [-0.39, 0.29) is 5.56 Å². The van der Waals surface area contributed by atoms with E-state index in [1.165, 1.54) is 0 Å². The number of ketones is 1. The van der Waals surface area contributed by atoms with Gasteiger partial charge in [-0.1, -0.05) is 18.2 Å². The third-order valence-electron chi connectivity index (χ3n) is 4.22. The van der Waals surface area contributed by atoms with Gasteiger partial charge in [-0.25, -0.2) is 8.78 Å². The lowest BCUT2D eigenvalue weighted by atomic mass is 9.91. The van der Waals surface area contributed by atoms with Crippen molar-refractivity contribution >= 4 is 22.7 Å². The van der Waals surface area contributed by atoms with Crippen LogP contribution in [0.5, 0.6) is 0 Å². The second-order valence-corrected chi connectivity index (χ2v) is 5.85. The zero-order valence-corrected chi connectivity index (χ0v) is 13.4. The molecule has 3 rings (SSSR count). The number of fused-ring (bicyclic) bond motifs is 1. The molecule has 3 aromatic rings. The molecule has 1 atom stereocenters. The number of carbonyl (C=O) groups is 2. The number of aryl methyl sites for hydroxylation is 1. The summed E-state index contributed by atoms with van der Waals surface area (Å²) in [4.78, 5) is 24.1. The van der Waals surface area contributed by atoms with E-state index in [2.05, 4.69) is 0 Å². The molecular weight excluding hydrogens is 328 g/mol. The van der Waals surface area contributed by atoms with Gasteiger partial charge in [0.2, 0.25) is 0 Å². The Labute approximate surface area is 142 Å². The number of carboxylic acids is 1. The summed E-state index contributed by atoms with van der Waals surface area (Å²) < 4.78 is 28.6. The minimum atomic E-state index is -1.17. The number of rotatable bonds is 5. The number of halogens is 2. The molecule has 0 aliphatic heterocycles. The SMILES string of the molecule is Cn1cc(C(CC(=O)c2ccc(F)cc2F)C(=O)O)c2ccccc21. The van der Waals surface area contributed by atoms with Crippen LogP contribution in [0.15, 0.2) is 48.7 Å². The molecule has 4 nitrogen and oxygen atoms in total. The van der Waals surface area contributed by atoms with Gasteiger partial charge in [0.15, 0.2) is 5.78 Å². The first-order valence-corrected chi connectivity index (χ1v) is 7.63. The average Bonchev–Trinajstić information content (AvgIpc) is 2.89. The van der Waals surface area contributed by atoms with Gasteiger partial charge >= 0.3 is 5.97 Å². The van der Waals surface area contributed by atoms with E-state index >= 15 is 0 Å². The van der Waals surface area contributed by atoms with Crippen LogP contribution in [0.4, 0.5) is 8.78 Å². The molecule has 1 unspecified atom stereocenters. The molecule has 6 heteroatoms. The number of hydrogen-bond donors (Lipinski definition) is 1. The zero-order chi connectivity index (χ0) is 18.1. The van der Waals surface area contributed by atoms with Crippen molar-refractivity contribution in [3.05, 3.63) is 71.4 Å². The Morgan fingerprint density at radius 1 is 1.16 bits per heavy atom. The topological polar surface area (TPSA) is 59.3 Å². The summed E-state index contributed by atoms with van der Waals surface area (Å²) in [6, 6.07) is 9.87. The smallest absolute Gasteiger partial charge is 0.311 e. The van der Waals surface area contributed by atoms with Gasteiger partial charge in [0.05, 0.1) is 11.5 Å². The molecular formula is C19H15F2NO3. The predicted molar refractivity (Wildman–Crippen MR) is 88.6 cm³/mol. The maximum Gasteiger partial charge on any atom is 0.311 e. The first kappa shape index (κ1) is 16.8. The molecule has 0 saturated heterocycles. The van der Waals surface area contributed by atoms with Gasteiger partial charge in [-0.05, 0) is 23.8 Å². The van der Waals surface area contributed by atoms with E-state index in [0.29, 0.717) is 11.6 Å². The third kappa shape index (κ3) is 3.15. The Bertz CT molecular complexity index is 978. The summed E-state index contributed by atoms with van der Waals surface area (Å²) in [5, 5.41) is 10.3. The van der Waals surface area contributed by atoms with Gasteiger partial charge in [0.1, 0.15) is 11.6 Å². The number of nitrogens with zero attached hydrogens (tertiary/aromatic N) is 1. The van der Waals surface area contributed by atoms with Crippen molar-refractivity contribution in [1.29, 1.82) is 0 Å². The van der Waals surface area contributed by atoms with E-state index in [0.717, 1.165) is 23.0 Å². The molecule has 0 aliphatic rings. The number of carboxylic acid groups (broad SMARTS) is 1. The molecule has 2 aromatic carbocycles. The highest BCUT2D eigenvalue weighted by molar-refractivity contribution is 6.00. The van der Waals surface area contributed by atoms with Crippen molar-refractivity contribution in [3.63, 3.8) is 0 Å². The Morgan fingerprint density at radius 3 is 2.56 bits per heavy atom. The molecule has 1 aromatic heterocycles. The number of aromatic nitrogens is 1. The van der Waals surface area contributed by atoms with E-state index in [9.17, 15) is 23.5 Å². The summed E-state index contributed by atoms with van der Waals surface area (Å²) in [5.41, 5.74) is 1.01. The highest BCUT2D eigenvalue weighted by atomic mass is 19.1. The van der Waals surface area contributed by atoms with Crippen LogP contribution in [-0.4, -0.2) is 21.4 Å². The first-order valence-electron chi connectivity index (χ1n) is 7.63. The molecule has 1 heterocycles. The van der Waals surface area contributed by atoms with Gasteiger partial charge in [0, 0.05) is 36.6 Å². The fourth-order valence-electron chi connectivity index (χ4n) is 2.99. The van der Waals surface area contributed by atoms with E-state index in [1.807, 2.05) is 12.1 Å². The number of hydrogen-bond acceptors (Lipinski definition) is 2. The molecule has 25 heavy (non-hydrogen) atoms. The lowest BCUT2D eigenvalue weighted by molar-refractivity contribution is -0.138. The second kappa shape index (κ2) is 6.47. The minimum Gasteiger partial charge on any atom is -0.481 e. The van der Waals surface area contributed by atoms with Crippen molar-refractivity contribution in [2.24, 2.45) is 7.05 Å². The lowest BCUT2D eigenvalue weighted by Gasteiger charge is -2.11. The van der Waals surface area contributed by atoms with Gasteiger partial charge in [-0.3, -0.25) is 9.59 Å². The van der Waals surface area contributed by atoms with Crippen LogP contribution in [0, 0.1) is 11.6 Å². The molecule has 0 spiro atoms. The van der Waals surface area contributed by atoms with Gasteiger partial charge in [-0.2, -0.15) is 0 Å². The maximum absolute atomic E-state index is 13.8. The van der Waals surface area contributed by atoms with E-state index in [4.69, 9.17) is 0 Å². The standard InChI is InChI=1S/C19H15F2NO3/c1-22-10-15(12-4-2-3-5-17(12)22)14(19(24)25)9-18(23)13-7-6-11(20)8-16(13)21/h2-8,10,14H,9H2,1H3,(H,24,25). The van der Waals surface area contributed by atoms with Gasteiger partial charge in [0.25, 0.3) is 0 Å². The fraction of sp³-hybridized carbons (Fsp3) is 0.158. The number of carbonyl (C=O) groups excluding carboxylic acids is 1. The summed E-state index contributed by atoms with van der Waals surface area (Å²) in [6.45, 7) is 0. The molecule has 0 radical (unpaired) electrons.